The van der Waals surface area contributed by atoms with E-state index < -0.39 is 0 Å². The molecule has 2 heterocycles. The Morgan fingerprint density at radius 3 is 3.00 bits per heavy atom. The second-order valence-electron chi connectivity index (χ2n) is 5.40. The molecule has 1 aliphatic heterocycles. The number of ether oxygens (including phenoxy) is 1. The minimum atomic E-state index is -0.132. The monoisotopic (exact) mass is 309 g/mol. The molecule has 4 nitrogen and oxygen atoms in total. The van der Waals surface area contributed by atoms with Crippen molar-refractivity contribution in [3.05, 3.63) is 35.2 Å². The summed E-state index contributed by atoms with van der Waals surface area (Å²) >= 11 is 1.79. The number of hydrogen-bond acceptors (Lipinski definition) is 4. The maximum Gasteiger partial charge on any atom is 0.0679 e. The van der Waals surface area contributed by atoms with Crippen molar-refractivity contribution in [1.29, 1.82) is 0 Å². The molecule has 0 radical (unpaired) electrons. The molecule has 0 spiro atoms. The molecule has 5 heteroatoms. The maximum absolute atomic E-state index is 9.44. The zero-order valence-electron chi connectivity index (χ0n) is 12.1. The van der Waals surface area contributed by atoms with Crippen LogP contribution in [0.15, 0.2) is 29.6 Å². The van der Waals surface area contributed by atoms with Gasteiger partial charge in [0.2, 0.25) is 0 Å². The molecule has 3 rings (SSSR count). The van der Waals surface area contributed by atoms with Crippen LogP contribution < -0.4 is 0 Å². The van der Waals surface area contributed by atoms with Gasteiger partial charge in [-0.3, -0.25) is 4.90 Å². The lowest BCUT2D eigenvalue weighted by Crippen LogP contribution is -2.26. The van der Waals surface area contributed by atoms with Crippen molar-refractivity contribution in [3.63, 3.8) is 0 Å². The molecule has 1 saturated heterocycles. The molecular weight excluding hydrogens is 286 g/mol. The number of thiophene rings is 1. The molecule has 0 bridgehead atoms. The topological polar surface area (TPSA) is 64.2 Å². The normalized spacial score (nSPS) is 19.0. The average Bonchev–Trinajstić information content (AvgIpc) is 3.06. The first-order valence-electron chi connectivity index (χ1n) is 7.25. The summed E-state index contributed by atoms with van der Waals surface area (Å²) in [5, 5.41) is 12.9. The molecule has 1 aromatic carbocycles. The van der Waals surface area contributed by atoms with Crippen LogP contribution in [0.2, 0.25) is 0 Å². The van der Waals surface area contributed by atoms with E-state index in [1.165, 1.54) is 15.6 Å². The van der Waals surface area contributed by atoms with Crippen molar-refractivity contribution in [2.75, 3.05) is 32.8 Å². The van der Waals surface area contributed by atoms with E-state index in [1.54, 1.807) is 11.3 Å². The van der Waals surface area contributed by atoms with Crippen molar-refractivity contribution in [2.24, 2.45) is 0 Å². The SMILES string of the molecule is O.O[C@H]1CCN(CCOCCc2ccc3sccc3c2)C1. The second kappa shape index (κ2) is 7.87. The number of β-amino-alcohol motifs (C(OH)–C–C–N with tert-alkyl or cyclic N) is 1. The summed E-state index contributed by atoms with van der Waals surface area (Å²) in [5.74, 6) is 0. The van der Waals surface area contributed by atoms with Gasteiger partial charge in [0.25, 0.3) is 0 Å². The lowest BCUT2D eigenvalue weighted by molar-refractivity contribution is 0.106. The fourth-order valence-electron chi connectivity index (χ4n) is 2.67. The van der Waals surface area contributed by atoms with Gasteiger partial charge in [0.05, 0.1) is 19.3 Å². The third-order valence-electron chi connectivity index (χ3n) is 3.85. The van der Waals surface area contributed by atoms with Crippen LogP contribution in [0.3, 0.4) is 0 Å². The lowest BCUT2D eigenvalue weighted by Gasteiger charge is -2.14. The summed E-state index contributed by atoms with van der Waals surface area (Å²) in [5.41, 5.74) is 1.34. The quantitative estimate of drug-likeness (QED) is 0.826. The highest BCUT2D eigenvalue weighted by molar-refractivity contribution is 7.17. The fourth-order valence-corrected chi connectivity index (χ4v) is 3.44. The van der Waals surface area contributed by atoms with E-state index >= 15 is 0 Å². The molecule has 2 aromatic rings. The number of fused-ring (bicyclic) bond motifs is 1. The Labute approximate surface area is 129 Å². The molecule has 116 valence electrons. The molecule has 0 saturated carbocycles. The molecule has 1 aromatic heterocycles. The number of rotatable bonds is 6. The number of benzene rings is 1. The zero-order valence-corrected chi connectivity index (χ0v) is 12.9. The Morgan fingerprint density at radius 2 is 2.19 bits per heavy atom. The Morgan fingerprint density at radius 1 is 1.29 bits per heavy atom. The molecule has 1 atom stereocenters. The number of aliphatic hydroxyl groups is 1. The standard InChI is InChI=1S/C16H21NO2S.H2O/c18-15-3-6-17(12-15)7-9-19-8-4-13-1-2-16-14(11-13)5-10-20-16;/h1-2,5,10-11,15,18H,3-4,6-9,12H2;1H2/t15-;/m0./s1. The Bertz CT molecular complexity index is 557. The third-order valence-corrected chi connectivity index (χ3v) is 4.75. The van der Waals surface area contributed by atoms with Crippen LogP contribution in [-0.4, -0.2) is 54.4 Å². The van der Waals surface area contributed by atoms with Crippen LogP contribution >= 0.6 is 11.3 Å². The van der Waals surface area contributed by atoms with Crippen LogP contribution in [0.1, 0.15) is 12.0 Å². The van der Waals surface area contributed by atoms with Crippen molar-refractivity contribution >= 4 is 21.4 Å². The molecule has 3 N–H and O–H groups in total. The molecule has 0 aliphatic carbocycles. The Hall–Kier alpha value is -0.980. The van der Waals surface area contributed by atoms with E-state index in [9.17, 15) is 5.11 Å². The van der Waals surface area contributed by atoms with Crippen LogP contribution in [0, 0.1) is 0 Å². The largest absolute Gasteiger partial charge is 0.412 e. The summed E-state index contributed by atoms with van der Waals surface area (Å²) in [6.45, 7) is 4.26. The predicted molar refractivity (Wildman–Crippen MR) is 87.0 cm³/mol. The van der Waals surface area contributed by atoms with Crippen LogP contribution in [0.5, 0.6) is 0 Å². The molecular formula is C16H23NO3S. The van der Waals surface area contributed by atoms with Gasteiger partial charge >= 0.3 is 0 Å². The van der Waals surface area contributed by atoms with Gasteiger partial charge in [-0.25, -0.2) is 0 Å². The van der Waals surface area contributed by atoms with Gasteiger partial charge in [-0.05, 0) is 41.3 Å². The smallest absolute Gasteiger partial charge is 0.0679 e. The van der Waals surface area contributed by atoms with Crippen molar-refractivity contribution in [1.82, 2.24) is 4.90 Å². The predicted octanol–water partition coefficient (Wildman–Crippen LogP) is 1.70. The van der Waals surface area contributed by atoms with E-state index in [-0.39, 0.29) is 11.6 Å². The van der Waals surface area contributed by atoms with Gasteiger partial charge in [-0.15, -0.1) is 11.3 Å². The van der Waals surface area contributed by atoms with Crippen LogP contribution in [-0.2, 0) is 11.2 Å². The molecule has 0 unspecified atom stereocenters. The molecule has 1 aliphatic rings. The maximum atomic E-state index is 9.44. The summed E-state index contributed by atoms with van der Waals surface area (Å²) in [7, 11) is 0. The molecule has 0 amide bonds. The minimum Gasteiger partial charge on any atom is -0.412 e. The van der Waals surface area contributed by atoms with Gasteiger partial charge in [0.15, 0.2) is 0 Å². The number of aliphatic hydroxyl groups excluding tert-OH is 1. The highest BCUT2D eigenvalue weighted by Crippen LogP contribution is 2.21. The zero-order chi connectivity index (χ0) is 13.8. The van der Waals surface area contributed by atoms with E-state index in [1.807, 2.05) is 0 Å². The van der Waals surface area contributed by atoms with Crippen molar-refractivity contribution in [3.8, 4) is 0 Å². The summed E-state index contributed by atoms with van der Waals surface area (Å²) in [4.78, 5) is 2.27. The first kappa shape index (κ1) is 16.4. The van der Waals surface area contributed by atoms with Crippen LogP contribution in [0.25, 0.3) is 10.1 Å². The Kier molecular flexibility index (Phi) is 6.14. The van der Waals surface area contributed by atoms with Gasteiger partial charge < -0.3 is 15.3 Å². The van der Waals surface area contributed by atoms with Crippen LogP contribution in [0.4, 0.5) is 0 Å². The average molecular weight is 309 g/mol. The van der Waals surface area contributed by atoms with Gasteiger partial charge in [0.1, 0.15) is 0 Å². The number of hydrogen-bond donors (Lipinski definition) is 1. The van der Waals surface area contributed by atoms with E-state index in [0.29, 0.717) is 0 Å². The highest BCUT2D eigenvalue weighted by atomic mass is 32.1. The van der Waals surface area contributed by atoms with E-state index in [4.69, 9.17) is 4.74 Å². The summed E-state index contributed by atoms with van der Waals surface area (Å²) in [6, 6.07) is 8.81. The highest BCUT2D eigenvalue weighted by Gasteiger charge is 2.19. The Balaban J connectivity index is 0.00000161. The van der Waals surface area contributed by atoms with E-state index in [2.05, 4.69) is 34.5 Å². The molecule has 1 fully saturated rings. The van der Waals surface area contributed by atoms with E-state index in [0.717, 1.165) is 45.7 Å². The number of nitrogens with zero attached hydrogens (tertiary/aromatic N) is 1. The van der Waals surface area contributed by atoms with Crippen molar-refractivity contribution in [2.45, 2.75) is 18.9 Å². The van der Waals surface area contributed by atoms with Crippen molar-refractivity contribution < 1.29 is 15.3 Å². The summed E-state index contributed by atoms with van der Waals surface area (Å²) in [6.07, 6.45) is 1.74. The minimum absolute atomic E-state index is 0. The lowest BCUT2D eigenvalue weighted by atomic mass is 10.1. The third kappa shape index (κ3) is 4.49. The van der Waals surface area contributed by atoms with Gasteiger partial charge in [-0.2, -0.15) is 0 Å². The fraction of sp³-hybridized carbons (Fsp3) is 0.500. The first-order valence-corrected chi connectivity index (χ1v) is 8.13. The summed E-state index contributed by atoms with van der Waals surface area (Å²) < 4.78 is 7.06. The molecule has 21 heavy (non-hydrogen) atoms. The second-order valence-corrected chi connectivity index (χ2v) is 6.35. The van der Waals surface area contributed by atoms with Gasteiger partial charge in [-0.1, -0.05) is 12.1 Å². The first-order chi connectivity index (χ1) is 9.81. The van der Waals surface area contributed by atoms with Gasteiger partial charge in [0, 0.05) is 24.3 Å². The number of likely N-dealkylation sites (tertiary alicyclic amines) is 1.